The van der Waals surface area contributed by atoms with Gasteiger partial charge in [-0.1, -0.05) is 97.1 Å². The van der Waals surface area contributed by atoms with Gasteiger partial charge in [0.2, 0.25) is 5.78 Å². The van der Waals surface area contributed by atoms with Crippen molar-refractivity contribution in [3.63, 3.8) is 0 Å². The summed E-state index contributed by atoms with van der Waals surface area (Å²) in [5.41, 5.74) is 0.768. The zero-order valence-corrected chi connectivity index (χ0v) is 18.7. The molecule has 0 spiro atoms. The molecule has 2 heteroatoms. The normalized spacial score (nSPS) is 11.4. The highest BCUT2D eigenvalue weighted by atomic mass is 31.2. The number of Topliss-reactive ketones (excluding diaryl/α,β-unsaturated/α-hetero) is 1. The maximum atomic E-state index is 13.7. The minimum Gasteiger partial charge on any atom is -0.290 e. The predicted molar refractivity (Wildman–Crippen MR) is 138 cm³/mol. The Morgan fingerprint density at radius 2 is 1.00 bits per heavy atom. The lowest BCUT2D eigenvalue weighted by Gasteiger charge is -2.27. The van der Waals surface area contributed by atoms with Gasteiger partial charge >= 0.3 is 0 Å². The van der Waals surface area contributed by atoms with E-state index in [2.05, 4.69) is 91.0 Å². The van der Waals surface area contributed by atoms with Crippen LogP contribution in [0.2, 0.25) is 0 Å². The molecule has 0 N–H and O–H groups in total. The van der Waals surface area contributed by atoms with Gasteiger partial charge in [-0.2, -0.15) is 0 Å². The molecule has 0 aromatic heterocycles. The standard InChI is InChI=1S/C30H24OP/c31-30(25-13-4-1-5-14-25)23-32(27-16-6-2-7-17-27,28-18-8-3-9-19-28)29-21-20-24-12-10-11-15-26(24)22-29/h1-22H,23H2/q+1. The van der Waals surface area contributed by atoms with Crippen molar-refractivity contribution in [3.8, 4) is 0 Å². The Morgan fingerprint density at radius 1 is 0.500 bits per heavy atom. The van der Waals surface area contributed by atoms with E-state index in [0.717, 1.165) is 5.56 Å². The van der Waals surface area contributed by atoms with Gasteiger partial charge in [-0.3, -0.25) is 4.79 Å². The number of carbonyl (C=O) groups is 1. The van der Waals surface area contributed by atoms with Crippen LogP contribution in [-0.4, -0.2) is 11.9 Å². The van der Waals surface area contributed by atoms with E-state index in [1.54, 1.807) is 0 Å². The number of rotatable bonds is 6. The molecule has 0 saturated heterocycles. The van der Waals surface area contributed by atoms with Crippen LogP contribution in [0.25, 0.3) is 10.8 Å². The van der Waals surface area contributed by atoms with Crippen molar-refractivity contribution in [2.75, 3.05) is 6.16 Å². The van der Waals surface area contributed by atoms with Gasteiger partial charge in [0.1, 0.15) is 29.3 Å². The molecule has 1 nitrogen and oxygen atoms in total. The summed E-state index contributed by atoms with van der Waals surface area (Å²) in [6, 6.07) is 46.0. The van der Waals surface area contributed by atoms with E-state index in [0.29, 0.717) is 6.16 Å². The van der Waals surface area contributed by atoms with E-state index >= 15 is 0 Å². The van der Waals surface area contributed by atoms with Gasteiger partial charge in [0.15, 0.2) is 0 Å². The fourth-order valence-corrected chi connectivity index (χ4v) is 8.54. The summed E-state index contributed by atoms with van der Waals surface area (Å²) in [5, 5.41) is 6.10. The van der Waals surface area contributed by atoms with Gasteiger partial charge < -0.3 is 0 Å². The van der Waals surface area contributed by atoms with Crippen molar-refractivity contribution in [1.29, 1.82) is 0 Å². The molecule has 5 aromatic carbocycles. The van der Waals surface area contributed by atoms with Crippen molar-refractivity contribution >= 4 is 39.7 Å². The van der Waals surface area contributed by atoms with E-state index in [1.807, 2.05) is 42.5 Å². The smallest absolute Gasteiger partial charge is 0.201 e. The average Bonchev–Trinajstić information content (AvgIpc) is 2.88. The Labute approximate surface area is 189 Å². The highest BCUT2D eigenvalue weighted by Crippen LogP contribution is 2.55. The third kappa shape index (κ3) is 3.77. The van der Waals surface area contributed by atoms with Crippen molar-refractivity contribution in [1.82, 2.24) is 0 Å². The number of hydrogen-bond donors (Lipinski definition) is 0. The van der Waals surface area contributed by atoms with Crippen LogP contribution >= 0.6 is 7.26 Å². The molecule has 0 unspecified atom stereocenters. The molecule has 5 rings (SSSR count). The second-order valence-electron chi connectivity index (χ2n) is 7.96. The first-order valence-corrected chi connectivity index (χ1v) is 12.8. The first kappa shape index (κ1) is 20.4. The molecule has 0 atom stereocenters. The molecular formula is C30H24OP+. The summed E-state index contributed by atoms with van der Waals surface area (Å²) < 4.78 is 0. The third-order valence-electron chi connectivity index (χ3n) is 6.04. The monoisotopic (exact) mass is 431 g/mol. The van der Waals surface area contributed by atoms with E-state index in [-0.39, 0.29) is 5.78 Å². The Balaban J connectivity index is 1.78. The van der Waals surface area contributed by atoms with Crippen molar-refractivity contribution in [2.45, 2.75) is 0 Å². The molecule has 0 aliphatic heterocycles. The van der Waals surface area contributed by atoms with Gasteiger partial charge in [0.05, 0.1) is 0 Å². The lowest BCUT2D eigenvalue weighted by molar-refractivity contribution is 0.102. The molecule has 0 bridgehead atoms. The highest BCUT2D eigenvalue weighted by molar-refractivity contribution is 7.96. The predicted octanol–water partition coefficient (Wildman–Crippen LogP) is 6.02. The average molecular weight is 431 g/mol. The number of ketones is 1. The van der Waals surface area contributed by atoms with E-state index in [1.165, 1.54) is 26.7 Å². The summed E-state index contributed by atoms with van der Waals surface area (Å²) in [7, 11) is -2.23. The summed E-state index contributed by atoms with van der Waals surface area (Å²) >= 11 is 0. The SMILES string of the molecule is O=C(C[P+](c1ccccc1)(c1ccccc1)c1ccc2ccccc2c1)c1ccccc1. The van der Waals surface area contributed by atoms with Crippen LogP contribution in [0, 0.1) is 0 Å². The van der Waals surface area contributed by atoms with E-state index < -0.39 is 7.26 Å². The molecule has 0 aliphatic carbocycles. The summed E-state index contributed by atoms with van der Waals surface area (Å²) in [6.07, 6.45) is 0.462. The molecule has 0 heterocycles. The fourth-order valence-electron chi connectivity index (χ4n) is 4.43. The highest BCUT2D eigenvalue weighted by Gasteiger charge is 2.47. The van der Waals surface area contributed by atoms with Gasteiger partial charge in [-0.05, 0) is 47.2 Å². The molecular weight excluding hydrogens is 407 g/mol. The Bertz CT molecular complexity index is 1310. The molecule has 0 amide bonds. The first-order chi connectivity index (χ1) is 15.8. The maximum absolute atomic E-state index is 13.7. The summed E-state index contributed by atoms with van der Waals surface area (Å²) in [5.74, 6) is 0.180. The van der Waals surface area contributed by atoms with Gasteiger partial charge in [0, 0.05) is 5.56 Å². The van der Waals surface area contributed by atoms with Crippen molar-refractivity contribution in [2.24, 2.45) is 0 Å². The Kier molecular flexibility index (Phi) is 5.67. The fraction of sp³-hybridized carbons (Fsp3) is 0.0333. The van der Waals surface area contributed by atoms with Crippen LogP contribution in [0.3, 0.4) is 0 Å². The number of fused-ring (bicyclic) bond motifs is 1. The molecule has 0 radical (unpaired) electrons. The van der Waals surface area contributed by atoms with Crippen LogP contribution in [0.15, 0.2) is 133 Å². The topological polar surface area (TPSA) is 17.1 Å². The van der Waals surface area contributed by atoms with Crippen molar-refractivity contribution in [3.05, 3.63) is 139 Å². The Morgan fingerprint density at radius 3 is 1.59 bits per heavy atom. The lowest BCUT2D eigenvalue weighted by atomic mass is 10.1. The zero-order valence-electron chi connectivity index (χ0n) is 17.8. The molecule has 0 fully saturated rings. The van der Waals surface area contributed by atoms with Crippen LogP contribution in [0.5, 0.6) is 0 Å². The zero-order chi connectivity index (χ0) is 21.8. The minimum absolute atomic E-state index is 0.180. The molecule has 5 aromatic rings. The lowest BCUT2D eigenvalue weighted by Crippen LogP contribution is -2.35. The third-order valence-corrected chi connectivity index (χ3v) is 10.3. The quantitative estimate of drug-likeness (QED) is 0.237. The molecule has 0 aliphatic rings. The summed E-state index contributed by atoms with van der Waals surface area (Å²) in [4.78, 5) is 13.7. The number of hydrogen-bond acceptors (Lipinski definition) is 1. The van der Waals surface area contributed by atoms with Gasteiger partial charge in [0.25, 0.3) is 0 Å². The molecule has 0 saturated carbocycles. The van der Waals surface area contributed by atoms with E-state index in [4.69, 9.17) is 0 Å². The largest absolute Gasteiger partial charge is 0.290 e. The van der Waals surface area contributed by atoms with Crippen molar-refractivity contribution < 1.29 is 4.79 Å². The number of benzene rings is 5. The number of carbonyl (C=O) groups excluding carboxylic acids is 1. The molecule has 154 valence electrons. The second-order valence-corrected chi connectivity index (χ2v) is 11.4. The van der Waals surface area contributed by atoms with Gasteiger partial charge in [-0.25, -0.2) is 0 Å². The maximum Gasteiger partial charge on any atom is 0.201 e. The molecule has 32 heavy (non-hydrogen) atoms. The van der Waals surface area contributed by atoms with E-state index in [9.17, 15) is 4.79 Å². The second kappa shape index (κ2) is 8.91. The van der Waals surface area contributed by atoms with Crippen LogP contribution < -0.4 is 15.9 Å². The minimum atomic E-state index is -2.23. The van der Waals surface area contributed by atoms with Crippen LogP contribution in [0.4, 0.5) is 0 Å². The van der Waals surface area contributed by atoms with Gasteiger partial charge in [-0.15, -0.1) is 0 Å². The first-order valence-electron chi connectivity index (χ1n) is 10.8. The van der Waals surface area contributed by atoms with Crippen LogP contribution in [0.1, 0.15) is 10.4 Å². The van der Waals surface area contributed by atoms with Crippen LogP contribution in [-0.2, 0) is 0 Å². The summed E-state index contributed by atoms with van der Waals surface area (Å²) in [6.45, 7) is 0. The Hall–Kier alpha value is -3.54.